The highest BCUT2D eigenvalue weighted by Gasteiger charge is 2.25. The van der Waals surface area contributed by atoms with Crippen molar-refractivity contribution in [1.82, 2.24) is 10.2 Å². The Morgan fingerprint density at radius 1 is 1.25 bits per heavy atom. The number of hydrogen-bond donors (Lipinski definition) is 1. The van der Waals surface area contributed by atoms with Gasteiger partial charge in [-0.25, -0.2) is 0 Å². The van der Waals surface area contributed by atoms with E-state index >= 15 is 0 Å². The number of rotatable bonds is 6. The van der Waals surface area contributed by atoms with Crippen molar-refractivity contribution in [3.8, 4) is 0 Å². The van der Waals surface area contributed by atoms with E-state index in [4.69, 9.17) is 0 Å². The van der Waals surface area contributed by atoms with Gasteiger partial charge in [-0.3, -0.25) is 4.90 Å². The summed E-state index contributed by atoms with van der Waals surface area (Å²) in [6, 6.07) is 2.16. The molecule has 2 heteroatoms. The van der Waals surface area contributed by atoms with Gasteiger partial charge in [0.1, 0.15) is 0 Å². The van der Waals surface area contributed by atoms with Crippen LogP contribution in [0.15, 0.2) is 0 Å². The first-order valence-corrected chi connectivity index (χ1v) is 7.14. The van der Waals surface area contributed by atoms with Gasteiger partial charge in [-0.2, -0.15) is 0 Å². The van der Waals surface area contributed by atoms with Gasteiger partial charge >= 0.3 is 0 Å². The quantitative estimate of drug-likeness (QED) is 0.749. The van der Waals surface area contributed by atoms with Crippen LogP contribution in [0.2, 0.25) is 0 Å². The molecule has 2 nitrogen and oxygen atoms in total. The van der Waals surface area contributed by atoms with Crippen LogP contribution in [0.1, 0.15) is 59.8 Å². The minimum absolute atomic E-state index is 0.616. The predicted octanol–water partition coefficient (Wildman–Crippen LogP) is 3.03. The van der Waals surface area contributed by atoms with Gasteiger partial charge in [0.15, 0.2) is 0 Å². The van der Waals surface area contributed by atoms with Crippen molar-refractivity contribution in [3.63, 3.8) is 0 Å². The maximum atomic E-state index is 3.60. The summed E-state index contributed by atoms with van der Waals surface area (Å²) < 4.78 is 0. The third-order valence-corrected chi connectivity index (χ3v) is 3.71. The third-order valence-electron chi connectivity index (χ3n) is 3.71. The molecule has 0 amide bonds. The highest BCUT2D eigenvalue weighted by Crippen LogP contribution is 2.21. The van der Waals surface area contributed by atoms with E-state index in [2.05, 4.69) is 37.9 Å². The Labute approximate surface area is 102 Å². The molecule has 0 aliphatic carbocycles. The summed E-state index contributed by atoms with van der Waals surface area (Å²) in [4.78, 5) is 2.74. The lowest BCUT2D eigenvalue weighted by Gasteiger charge is -2.40. The second-order valence-corrected chi connectivity index (χ2v) is 5.59. The van der Waals surface area contributed by atoms with Gasteiger partial charge in [0.25, 0.3) is 0 Å². The van der Waals surface area contributed by atoms with Gasteiger partial charge in [-0.05, 0) is 32.7 Å². The smallest absolute Gasteiger partial charge is 0.0223 e. The Bertz CT molecular complexity index is 180. The van der Waals surface area contributed by atoms with Crippen molar-refractivity contribution in [3.05, 3.63) is 0 Å². The van der Waals surface area contributed by atoms with Crippen LogP contribution in [0.3, 0.4) is 0 Å². The van der Waals surface area contributed by atoms with Crippen molar-refractivity contribution >= 4 is 0 Å². The van der Waals surface area contributed by atoms with E-state index in [0.29, 0.717) is 6.04 Å². The lowest BCUT2D eigenvalue weighted by molar-refractivity contribution is 0.0954. The molecule has 0 aromatic heterocycles. The molecule has 2 unspecified atom stereocenters. The maximum absolute atomic E-state index is 3.60. The number of nitrogens with one attached hydrogen (secondary N) is 1. The molecule has 16 heavy (non-hydrogen) atoms. The fourth-order valence-electron chi connectivity index (χ4n) is 2.78. The van der Waals surface area contributed by atoms with E-state index in [1.165, 1.54) is 45.2 Å². The van der Waals surface area contributed by atoms with E-state index in [1.807, 2.05) is 0 Å². The van der Waals surface area contributed by atoms with Crippen LogP contribution in [-0.4, -0.2) is 36.1 Å². The Morgan fingerprint density at radius 2 is 2.00 bits per heavy atom. The molecule has 1 rings (SSSR count). The fraction of sp³-hybridized carbons (Fsp3) is 1.00. The summed E-state index contributed by atoms with van der Waals surface area (Å²) in [7, 11) is 0. The van der Waals surface area contributed by atoms with Crippen LogP contribution in [0.5, 0.6) is 0 Å². The number of piperidine rings is 1. The van der Waals surface area contributed by atoms with Crippen LogP contribution in [-0.2, 0) is 0 Å². The largest absolute Gasteiger partial charge is 0.313 e. The SMILES string of the molecule is CCCC(C)N1CCCCC1CNC(C)C. The second kappa shape index (κ2) is 7.29. The predicted molar refractivity (Wildman–Crippen MR) is 71.9 cm³/mol. The summed E-state index contributed by atoms with van der Waals surface area (Å²) in [6.45, 7) is 11.7. The van der Waals surface area contributed by atoms with Gasteiger partial charge < -0.3 is 5.32 Å². The highest BCUT2D eigenvalue weighted by atomic mass is 15.2. The zero-order valence-electron chi connectivity index (χ0n) is 11.6. The van der Waals surface area contributed by atoms with E-state index < -0.39 is 0 Å². The molecule has 1 heterocycles. The molecule has 0 aromatic carbocycles. The summed E-state index contributed by atoms with van der Waals surface area (Å²) in [5.74, 6) is 0. The highest BCUT2D eigenvalue weighted by molar-refractivity contribution is 4.82. The van der Waals surface area contributed by atoms with E-state index in [9.17, 15) is 0 Å². The lowest BCUT2D eigenvalue weighted by atomic mass is 9.98. The molecule has 0 spiro atoms. The molecule has 1 fully saturated rings. The van der Waals surface area contributed by atoms with Crippen LogP contribution in [0.25, 0.3) is 0 Å². The first-order valence-electron chi connectivity index (χ1n) is 7.14. The van der Waals surface area contributed by atoms with Crippen LogP contribution in [0, 0.1) is 0 Å². The summed E-state index contributed by atoms with van der Waals surface area (Å²) in [6.07, 6.45) is 6.85. The van der Waals surface area contributed by atoms with Gasteiger partial charge in [0.05, 0.1) is 0 Å². The molecule has 96 valence electrons. The second-order valence-electron chi connectivity index (χ2n) is 5.59. The number of likely N-dealkylation sites (tertiary alicyclic amines) is 1. The third kappa shape index (κ3) is 4.42. The Kier molecular flexibility index (Phi) is 6.37. The number of nitrogens with zero attached hydrogens (tertiary/aromatic N) is 1. The van der Waals surface area contributed by atoms with Crippen molar-refractivity contribution in [2.45, 2.75) is 77.9 Å². The average Bonchev–Trinajstić information content (AvgIpc) is 2.27. The van der Waals surface area contributed by atoms with Gasteiger partial charge in [-0.1, -0.05) is 33.6 Å². The van der Waals surface area contributed by atoms with Gasteiger partial charge in [0.2, 0.25) is 0 Å². The molecule has 0 bridgehead atoms. The van der Waals surface area contributed by atoms with Crippen molar-refractivity contribution in [2.75, 3.05) is 13.1 Å². The normalized spacial score (nSPS) is 24.9. The molecular formula is C14H30N2. The molecule has 1 aliphatic rings. The zero-order valence-corrected chi connectivity index (χ0v) is 11.6. The minimum atomic E-state index is 0.616. The van der Waals surface area contributed by atoms with Crippen LogP contribution in [0.4, 0.5) is 0 Å². The Morgan fingerprint density at radius 3 is 2.62 bits per heavy atom. The van der Waals surface area contributed by atoms with Crippen molar-refractivity contribution in [2.24, 2.45) is 0 Å². The molecule has 1 N–H and O–H groups in total. The number of hydrogen-bond acceptors (Lipinski definition) is 2. The topological polar surface area (TPSA) is 15.3 Å². The first kappa shape index (κ1) is 14.0. The monoisotopic (exact) mass is 226 g/mol. The Balaban J connectivity index is 2.43. The van der Waals surface area contributed by atoms with E-state index in [-0.39, 0.29) is 0 Å². The van der Waals surface area contributed by atoms with Crippen molar-refractivity contribution < 1.29 is 0 Å². The first-order chi connectivity index (χ1) is 7.65. The molecule has 0 saturated carbocycles. The molecule has 0 radical (unpaired) electrons. The molecule has 2 atom stereocenters. The van der Waals surface area contributed by atoms with E-state index in [0.717, 1.165) is 12.1 Å². The van der Waals surface area contributed by atoms with Gasteiger partial charge in [0, 0.05) is 24.7 Å². The lowest BCUT2D eigenvalue weighted by Crippen LogP contribution is -2.50. The summed E-state index contributed by atoms with van der Waals surface area (Å²) in [5, 5.41) is 3.60. The average molecular weight is 226 g/mol. The summed E-state index contributed by atoms with van der Waals surface area (Å²) in [5.41, 5.74) is 0. The zero-order chi connectivity index (χ0) is 12.0. The van der Waals surface area contributed by atoms with Gasteiger partial charge in [-0.15, -0.1) is 0 Å². The van der Waals surface area contributed by atoms with Crippen molar-refractivity contribution in [1.29, 1.82) is 0 Å². The summed E-state index contributed by atoms with van der Waals surface area (Å²) >= 11 is 0. The molecule has 1 saturated heterocycles. The fourth-order valence-corrected chi connectivity index (χ4v) is 2.78. The van der Waals surface area contributed by atoms with Crippen LogP contribution >= 0.6 is 0 Å². The molecular weight excluding hydrogens is 196 g/mol. The van der Waals surface area contributed by atoms with Crippen LogP contribution < -0.4 is 5.32 Å². The maximum Gasteiger partial charge on any atom is 0.0223 e. The minimum Gasteiger partial charge on any atom is -0.313 e. The molecule has 1 aliphatic heterocycles. The standard InChI is InChI=1S/C14H30N2/c1-5-8-13(4)16-10-7-6-9-14(16)11-15-12(2)3/h12-15H,5-11H2,1-4H3. The molecule has 0 aromatic rings. The Hall–Kier alpha value is -0.0800. The van der Waals surface area contributed by atoms with E-state index in [1.54, 1.807) is 0 Å².